The highest BCUT2D eigenvalue weighted by atomic mass is 127. The van der Waals surface area contributed by atoms with E-state index in [1.54, 1.807) is 0 Å². The first kappa shape index (κ1) is 14.3. The molecule has 0 amide bonds. The van der Waals surface area contributed by atoms with Crippen LogP contribution in [-0.2, 0) is 20.2 Å². The summed E-state index contributed by atoms with van der Waals surface area (Å²) in [5, 5.41) is 8.53. The summed E-state index contributed by atoms with van der Waals surface area (Å²) >= 11 is 1.45. The fraction of sp³-hybridized carbons (Fsp3) is 0. The second-order valence-corrected chi connectivity index (χ2v) is 6.74. The summed E-state index contributed by atoms with van der Waals surface area (Å²) in [6, 6.07) is 1.38. The molecule has 0 saturated heterocycles. The van der Waals surface area contributed by atoms with Gasteiger partial charge in [0.25, 0.3) is 10.1 Å². The summed E-state index contributed by atoms with van der Waals surface area (Å²) in [6.45, 7) is 0. The van der Waals surface area contributed by atoms with Crippen molar-refractivity contribution in [2.24, 2.45) is 0 Å². The molecule has 0 heterocycles. The number of diazo groups is 1. The zero-order valence-corrected chi connectivity index (χ0v) is 11.6. The highest BCUT2D eigenvalue weighted by Crippen LogP contribution is 2.31. The number of nitrogens with zero attached hydrogens (tertiary/aromatic N) is 2. The van der Waals surface area contributed by atoms with Gasteiger partial charge in [-0.3, -0.25) is 9.11 Å². The average molecular weight is 391 g/mol. The lowest BCUT2D eigenvalue weighted by atomic mass is 10.3. The quantitative estimate of drug-likeness (QED) is 0.440. The van der Waals surface area contributed by atoms with Crippen LogP contribution in [0.2, 0.25) is 0 Å². The van der Waals surface area contributed by atoms with Gasteiger partial charge in [0.1, 0.15) is 4.90 Å². The van der Waals surface area contributed by atoms with Gasteiger partial charge >= 0.3 is 15.8 Å². The molecule has 0 unspecified atom stereocenters. The molecule has 0 fully saturated rings. The van der Waals surface area contributed by atoms with Crippen LogP contribution in [0.25, 0.3) is 4.98 Å². The van der Waals surface area contributed by atoms with Gasteiger partial charge in [0, 0.05) is 3.57 Å². The van der Waals surface area contributed by atoms with Gasteiger partial charge in [-0.2, -0.15) is 16.8 Å². The van der Waals surface area contributed by atoms with Crippen LogP contribution in [0.4, 0.5) is 5.69 Å². The molecule has 0 aliphatic heterocycles. The Morgan fingerprint density at radius 3 is 1.88 bits per heavy atom. The molecule has 0 saturated carbocycles. The van der Waals surface area contributed by atoms with E-state index in [1.807, 2.05) is 0 Å². The predicted molar refractivity (Wildman–Crippen MR) is 63.5 cm³/mol. The minimum atomic E-state index is -4.67. The summed E-state index contributed by atoms with van der Waals surface area (Å²) in [5.41, 5.74) is -0.694. The monoisotopic (exact) mass is 391 g/mol. The van der Waals surface area contributed by atoms with Gasteiger partial charge < -0.3 is 0 Å². The SMILES string of the molecule is N#[N+]c1cc(S(=O)(=O)O)c(I)cc1S(=O)(=O)O. The van der Waals surface area contributed by atoms with E-state index in [-0.39, 0.29) is 3.57 Å². The minimum absolute atomic E-state index is 0.148. The molecular formula is C6H4IN2O6S2+. The minimum Gasteiger partial charge on any atom is -0.282 e. The molecule has 17 heavy (non-hydrogen) atoms. The smallest absolute Gasteiger partial charge is 0.282 e. The van der Waals surface area contributed by atoms with Crippen molar-refractivity contribution in [3.05, 3.63) is 20.7 Å². The molecule has 11 heteroatoms. The highest BCUT2D eigenvalue weighted by Gasteiger charge is 2.29. The van der Waals surface area contributed by atoms with Gasteiger partial charge in [-0.05, 0) is 28.7 Å². The molecule has 0 radical (unpaired) electrons. The summed E-state index contributed by atoms with van der Waals surface area (Å²) in [7, 11) is -9.25. The van der Waals surface area contributed by atoms with Gasteiger partial charge in [-0.15, -0.1) is 0 Å². The Balaban J connectivity index is 3.77. The molecule has 0 spiro atoms. The summed E-state index contributed by atoms with van der Waals surface area (Å²) in [6.07, 6.45) is 0. The standard InChI is InChI=1S/C6H3IN2O6S2/c7-3-1-6(17(13,14)15)4(9-8)2-5(3)16(10,11)12/h1-2H,(H-,10,11,12,13,14,15)/p+1. The van der Waals surface area contributed by atoms with Gasteiger partial charge in [-0.1, -0.05) is 0 Å². The number of hydrogen-bond donors (Lipinski definition) is 2. The Bertz CT molecular complexity index is 718. The molecule has 0 aromatic heterocycles. The van der Waals surface area contributed by atoms with Crippen molar-refractivity contribution in [2.75, 3.05) is 0 Å². The zero-order valence-electron chi connectivity index (χ0n) is 7.77. The molecule has 2 N–H and O–H groups in total. The maximum Gasteiger partial charge on any atom is 0.407 e. The molecule has 0 atom stereocenters. The van der Waals surface area contributed by atoms with Crippen molar-refractivity contribution >= 4 is 48.5 Å². The molecule has 0 aliphatic rings. The van der Waals surface area contributed by atoms with Gasteiger partial charge in [-0.25, -0.2) is 0 Å². The first-order valence-electron chi connectivity index (χ1n) is 3.71. The zero-order chi connectivity index (χ0) is 13.4. The molecule has 1 rings (SSSR count). The Kier molecular flexibility index (Phi) is 3.74. The fourth-order valence-electron chi connectivity index (χ4n) is 1.01. The molecule has 1 aromatic rings. The van der Waals surface area contributed by atoms with Crippen LogP contribution in [0, 0.1) is 8.96 Å². The van der Waals surface area contributed by atoms with E-state index in [0.717, 1.165) is 6.07 Å². The number of hydrogen-bond acceptors (Lipinski definition) is 5. The summed E-state index contributed by atoms with van der Waals surface area (Å²) in [5.74, 6) is 0. The van der Waals surface area contributed by atoms with E-state index in [9.17, 15) is 16.8 Å². The maximum atomic E-state index is 10.9. The second-order valence-electron chi connectivity index (χ2n) is 2.80. The lowest BCUT2D eigenvalue weighted by molar-refractivity contribution is 0.478. The number of benzene rings is 1. The molecule has 1 aromatic carbocycles. The van der Waals surface area contributed by atoms with Crippen molar-refractivity contribution in [3.63, 3.8) is 0 Å². The van der Waals surface area contributed by atoms with Crippen molar-refractivity contribution in [3.8, 4) is 0 Å². The van der Waals surface area contributed by atoms with Crippen molar-refractivity contribution in [1.82, 2.24) is 0 Å². The fourth-order valence-corrected chi connectivity index (χ4v) is 3.72. The predicted octanol–water partition coefficient (Wildman–Crippen LogP) is 1.27. The molecule has 0 bridgehead atoms. The van der Waals surface area contributed by atoms with E-state index in [0.29, 0.717) is 6.07 Å². The molecule has 8 nitrogen and oxygen atoms in total. The van der Waals surface area contributed by atoms with Crippen LogP contribution < -0.4 is 0 Å². The topological polar surface area (TPSA) is 137 Å². The van der Waals surface area contributed by atoms with Crippen LogP contribution >= 0.6 is 22.6 Å². The van der Waals surface area contributed by atoms with E-state index in [4.69, 9.17) is 14.5 Å². The maximum absolute atomic E-state index is 10.9. The lowest BCUT2D eigenvalue weighted by Crippen LogP contribution is -2.04. The first-order valence-corrected chi connectivity index (χ1v) is 7.67. The average Bonchev–Trinajstić information content (AvgIpc) is 2.14. The van der Waals surface area contributed by atoms with Crippen LogP contribution in [0.5, 0.6) is 0 Å². The third-order valence-corrected chi connectivity index (χ3v) is 4.71. The van der Waals surface area contributed by atoms with E-state index < -0.39 is 35.7 Å². The Hall–Kier alpha value is -0.810. The highest BCUT2D eigenvalue weighted by molar-refractivity contribution is 14.1. The van der Waals surface area contributed by atoms with Crippen LogP contribution in [0.1, 0.15) is 0 Å². The van der Waals surface area contributed by atoms with E-state index in [2.05, 4.69) is 4.98 Å². The Morgan fingerprint density at radius 1 is 1.06 bits per heavy atom. The van der Waals surface area contributed by atoms with Gasteiger partial charge in [0.2, 0.25) is 5.39 Å². The molecule has 0 aliphatic carbocycles. The second kappa shape index (κ2) is 4.46. The first-order chi connectivity index (χ1) is 7.57. The third kappa shape index (κ3) is 3.10. The number of halogens is 1. The van der Waals surface area contributed by atoms with E-state index in [1.165, 1.54) is 22.6 Å². The number of rotatable bonds is 2. The van der Waals surface area contributed by atoms with E-state index >= 15 is 0 Å². The molecular weight excluding hydrogens is 387 g/mol. The van der Waals surface area contributed by atoms with Crippen molar-refractivity contribution in [1.29, 1.82) is 5.39 Å². The van der Waals surface area contributed by atoms with Crippen LogP contribution in [-0.4, -0.2) is 25.9 Å². The van der Waals surface area contributed by atoms with Crippen molar-refractivity contribution < 1.29 is 25.9 Å². The summed E-state index contributed by atoms with van der Waals surface area (Å²) < 4.78 is 61.1. The van der Waals surface area contributed by atoms with Crippen LogP contribution in [0.15, 0.2) is 21.9 Å². The van der Waals surface area contributed by atoms with Gasteiger partial charge in [0.15, 0.2) is 9.87 Å². The summed E-state index contributed by atoms with van der Waals surface area (Å²) in [4.78, 5) is 1.14. The van der Waals surface area contributed by atoms with Crippen LogP contribution in [0.3, 0.4) is 0 Å². The molecule has 92 valence electrons. The third-order valence-electron chi connectivity index (χ3n) is 1.68. The van der Waals surface area contributed by atoms with Crippen molar-refractivity contribution in [2.45, 2.75) is 9.79 Å². The Labute approximate surface area is 110 Å². The largest absolute Gasteiger partial charge is 0.407 e. The normalized spacial score (nSPS) is 12.1. The Morgan fingerprint density at radius 2 is 1.53 bits per heavy atom. The lowest BCUT2D eigenvalue weighted by Gasteiger charge is -2.00. The van der Waals surface area contributed by atoms with Gasteiger partial charge in [0.05, 0.1) is 6.07 Å².